The van der Waals surface area contributed by atoms with Gasteiger partial charge in [0.05, 0.1) is 0 Å². The first-order valence-corrected chi connectivity index (χ1v) is 33.6. The minimum absolute atomic E-state index is 0.0981. The van der Waals surface area contributed by atoms with Crippen molar-refractivity contribution in [2.24, 2.45) is 0 Å². The van der Waals surface area contributed by atoms with Crippen LogP contribution in [0.2, 0.25) is 0 Å². The molecular weight excluding hydrogens is 961 g/mol. The number of carbonyl (C=O) groups excluding carboxylic acids is 3. The standard InChI is InChI=1S/C72H126O6/c1-4-7-10-13-16-19-22-25-27-29-31-33-35-36-37-39-40-42-44-47-50-53-56-59-62-65-71(74)77-68-69(67-76-70(73)64-61-58-55-52-49-46-24-21-18-15-12-9-6-3)78-72(75)66-63-60-57-54-51-48-45-43-41-38-34-32-30-28-26-23-20-17-14-11-8-5-2/h9,12,18,21-22,25,29,31,35-36,46,49,55,58,69H,4-8,10-11,13-17,19-20,23-24,26-28,30,32-34,37-45,47-48,50-54,56-57,59-68H2,1-3H3/b12-9-,21-18-,25-22-,31-29-,36-35-,49-46-,58-55-. The summed E-state index contributed by atoms with van der Waals surface area (Å²) in [6.45, 7) is 6.49. The SMILES string of the molecule is CC/C=C\C/C=C\C/C=C\C/C=C\CCC(=O)OCC(COC(=O)CCCCCCCCCCCC/C=C\C/C=C\C/C=C\CCCCCCC)OC(=O)CCCCCCCCCCCCCCCCCCCCCCCC. The number of ether oxygens (including phenoxy) is 3. The van der Waals surface area contributed by atoms with Crippen molar-refractivity contribution in [3.8, 4) is 0 Å². The van der Waals surface area contributed by atoms with Crippen molar-refractivity contribution in [1.82, 2.24) is 0 Å². The van der Waals surface area contributed by atoms with Crippen LogP contribution in [0.4, 0.5) is 0 Å². The van der Waals surface area contributed by atoms with Crippen LogP contribution in [-0.4, -0.2) is 37.2 Å². The first-order valence-electron chi connectivity index (χ1n) is 33.6. The van der Waals surface area contributed by atoms with Crippen molar-refractivity contribution >= 4 is 17.9 Å². The molecule has 0 aromatic rings. The molecule has 6 heteroatoms. The van der Waals surface area contributed by atoms with Gasteiger partial charge in [-0.2, -0.15) is 0 Å². The summed E-state index contributed by atoms with van der Waals surface area (Å²) in [6.07, 6.45) is 87.6. The number of hydrogen-bond acceptors (Lipinski definition) is 6. The quantitative estimate of drug-likeness (QED) is 0.0261. The van der Waals surface area contributed by atoms with Gasteiger partial charge in [-0.05, 0) is 83.5 Å². The lowest BCUT2D eigenvalue weighted by atomic mass is 10.0. The van der Waals surface area contributed by atoms with E-state index in [-0.39, 0.29) is 37.5 Å². The van der Waals surface area contributed by atoms with E-state index in [2.05, 4.69) is 99.8 Å². The van der Waals surface area contributed by atoms with Crippen LogP contribution in [-0.2, 0) is 28.6 Å². The first-order chi connectivity index (χ1) is 38.5. The maximum Gasteiger partial charge on any atom is 0.306 e. The van der Waals surface area contributed by atoms with Crippen LogP contribution in [0, 0.1) is 0 Å². The number of esters is 3. The van der Waals surface area contributed by atoms with Crippen LogP contribution in [0.5, 0.6) is 0 Å². The maximum absolute atomic E-state index is 12.9. The Morgan fingerprint density at radius 1 is 0.269 bits per heavy atom. The Morgan fingerprint density at radius 3 is 0.859 bits per heavy atom. The highest BCUT2D eigenvalue weighted by Gasteiger charge is 2.19. The average Bonchev–Trinajstić information content (AvgIpc) is 3.44. The Balaban J connectivity index is 4.32. The zero-order valence-corrected chi connectivity index (χ0v) is 51.7. The topological polar surface area (TPSA) is 78.9 Å². The van der Waals surface area contributed by atoms with Crippen molar-refractivity contribution in [2.45, 2.75) is 341 Å². The molecule has 0 fully saturated rings. The van der Waals surface area contributed by atoms with Gasteiger partial charge in [0, 0.05) is 19.3 Å². The van der Waals surface area contributed by atoms with E-state index in [0.29, 0.717) is 19.3 Å². The molecule has 450 valence electrons. The molecule has 0 aromatic carbocycles. The second-order valence-corrected chi connectivity index (χ2v) is 22.4. The summed E-state index contributed by atoms with van der Waals surface area (Å²) in [5.41, 5.74) is 0. The number of carbonyl (C=O) groups is 3. The van der Waals surface area contributed by atoms with Crippen LogP contribution in [0.25, 0.3) is 0 Å². The summed E-state index contributed by atoms with van der Waals surface area (Å²) in [4.78, 5) is 38.3. The van der Waals surface area contributed by atoms with Crippen molar-refractivity contribution in [2.75, 3.05) is 13.2 Å². The summed E-state index contributed by atoms with van der Waals surface area (Å²) in [7, 11) is 0. The molecule has 78 heavy (non-hydrogen) atoms. The van der Waals surface area contributed by atoms with E-state index in [1.54, 1.807) is 0 Å². The molecule has 0 bridgehead atoms. The molecule has 0 aliphatic heterocycles. The molecule has 1 unspecified atom stereocenters. The van der Waals surface area contributed by atoms with E-state index in [9.17, 15) is 14.4 Å². The Bertz CT molecular complexity index is 1480. The molecule has 0 heterocycles. The van der Waals surface area contributed by atoms with Gasteiger partial charge in [-0.25, -0.2) is 0 Å². The minimum atomic E-state index is -0.807. The molecule has 0 saturated carbocycles. The molecule has 0 amide bonds. The predicted octanol–water partition coefficient (Wildman–Crippen LogP) is 23.1. The Labute approximate surface area is 484 Å². The largest absolute Gasteiger partial charge is 0.462 e. The highest BCUT2D eigenvalue weighted by Crippen LogP contribution is 2.17. The van der Waals surface area contributed by atoms with E-state index in [1.165, 1.54) is 212 Å². The van der Waals surface area contributed by atoms with Gasteiger partial charge in [-0.1, -0.05) is 318 Å². The van der Waals surface area contributed by atoms with Crippen molar-refractivity contribution in [1.29, 1.82) is 0 Å². The van der Waals surface area contributed by atoms with Crippen LogP contribution >= 0.6 is 0 Å². The third-order valence-corrected chi connectivity index (χ3v) is 14.6. The molecule has 0 radical (unpaired) electrons. The third kappa shape index (κ3) is 63.4. The van der Waals surface area contributed by atoms with Gasteiger partial charge >= 0.3 is 17.9 Å². The van der Waals surface area contributed by atoms with Gasteiger partial charge in [0.25, 0.3) is 0 Å². The number of hydrogen-bond donors (Lipinski definition) is 0. The van der Waals surface area contributed by atoms with E-state index >= 15 is 0 Å². The molecule has 0 aromatic heterocycles. The number of allylic oxidation sites excluding steroid dienone is 14. The Hall–Kier alpha value is -3.41. The molecule has 0 N–H and O–H groups in total. The molecular formula is C72H126O6. The molecule has 0 aliphatic carbocycles. The fraction of sp³-hybridized carbons (Fsp3) is 0.764. The second-order valence-electron chi connectivity index (χ2n) is 22.4. The Kier molecular flexibility index (Phi) is 63.2. The van der Waals surface area contributed by atoms with Crippen molar-refractivity contribution in [3.63, 3.8) is 0 Å². The zero-order chi connectivity index (χ0) is 56.4. The number of rotatable bonds is 61. The molecule has 0 spiro atoms. The third-order valence-electron chi connectivity index (χ3n) is 14.6. The van der Waals surface area contributed by atoms with Crippen LogP contribution < -0.4 is 0 Å². The van der Waals surface area contributed by atoms with E-state index in [4.69, 9.17) is 14.2 Å². The molecule has 0 rings (SSSR count). The molecule has 1 atom stereocenters. The summed E-state index contributed by atoms with van der Waals surface area (Å²) < 4.78 is 16.9. The van der Waals surface area contributed by atoms with Crippen LogP contribution in [0.15, 0.2) is 85.1 Å². The molecule has 6 nitrogen and oxygen atoms in total. The normalized spacial score (nSPS) is 12.6. The fourth-order valence-electron chi connectivity index (χ4n) is 9.64. The van der Waals surface area contributed by atoms with E-state index in [0.717, 1.165) is 77.0 Å². The van der Waals surface area contributed by atoms with Gasteiger partial charge in [0.1, 0.15) is 13.2 Å². The van der Waals surface area contributed by atoms with Gasteiger partial charge in [0.2, 0.25) is 0 Å². The predicted molar refractivity (Wildman–Crippen MR) is 339 cm³/mol. The summed E-state index contributed by atoms with van der Waals surface area (Å²) in [5, 5.41) is 0. The van der Waals surface area contributed by atoms with Gasteiger partial charge in [0.15, 0.2) is 6.10 Å². The molecule has 0 saturated heterocycles. The highest BCUT2D eigenvalue weighted by molar-refractivity contribution is 5.71. The maximum atomic E-state index is 12.9. The highest BCUT2D eigenvalue weighted by atomic mass is 16.6. The van der Waals surface area contributed by atoms with Crippen molar-refractivity contribution in [3.05, 3.63) is 85.1 Å². The van der Waals surface area contributed by atoms with Crippen LogP contribution in [0.1, 0.15) is 335 Å². The second kappa shape index (κ2) is 66.1. The minimum Gasteiger partial charge on any atom is -0.462 e. The smallest absolute Gasteiger partial charge is 0.306 e. The van der Waals surface area contributed by atoms with Gasteiger partial charge in [-0.15, -0.1) is 0 Å². The lowest BCUT2D eigenvalue weighted by Crippen LogP contribution is -2.30. The first kappa shape index (κ1) is 74.6. The summed E-state index contributed by atoms with van der Waals surface area (Å²) in [5.74, 6) is -0.971. The van der Waals surface area contributed by atoms with E-state index < -0.39 is 6.10 Å². The zero-order valence-electron chi connectivity index (χ0n) is 51.7. The van der Waals surface area contributed by atoms with Crippen LogP contribution in [0.3, 0.4) is 0 Å². The van der Waals surface area contributed by atoms with Gasteiger partial charge in [-0.3, -0.25) is 14.4 Å². The average molecular weight is 1090 g/mol. The van der Waals surface area contributed by atoms with Gasteiger partial charge < -0.3 is 14.2 Å². The monoisotopic (exact) mass is 1090 g/mol. The summed E-state index contributed by atoms with van der Waals surface area (Å²) in [6, 6.07) is 0. The lowest BCUT2D eigenvalue weighted by Gasteiger charge is -2.18. The Morgan fingerprint density at radius 2 is 0.526 bits per heavy atom. The fourth-order valence-corrected chi connectivity index (χ4v) is 9.64. The van der Waals surface area contributed by atoms with Crippen molar-refractivity contribution < 1.29 is 28.6 Å². The van der Waals surface area contributed by atoms with E-state index in [1.807, 2.05) is 6.08 Å². The lowest BCUT2D eigenvalue weighted by molar-refractivity contribution is -0.166. The number of unbranched alkanes of at least 4 members (excludes halogenated alkanes) is 36. The molecule has 0 aliphatic rings. The summed E-state index contributed by atoms with van der Waals surface area (Å²) >= 11 is 0.